The van der Waals surface area contributed by atoms with Crippen LogP contribution in [0.3, 0.4) is 0 Å². The summed E-state index contributed by atoms with van der Waals surface area (Å²) in [5.41, 5.74) is 11.1. The summed E-state index contributed by atoms with van der Waals surface area (Å²) in [4.78, 5) is 20.4. The Balaban J connectivity index is 1.09. The van der Waals surface area contributed by atoms with Crippen LogP contribution in [-0.4, -0.2) is 19.9 Å². The molecule has 0 saturated carbocycles. The fraction of sp³-hybridized carbons (Fsp3) is 0. The molecule has 0 atom stereocenters. The molecule has 5 heteroatoms. The van der Waals surface area contributed by atoms with Crippen LogP contribution >= 0.6 is 0 Å². The SMILES string of the molecule is c1ccc(-c2ccc3ccc4ccc(-c5ccc(-c6nc7ccccc7c7c6ccc6oc(-c8ccccc8)nc67)cc5)nc4c3n2)cc1. The standard InChI is InChI=1S/C44H26N4O/c1-3-9-27(10-4-1)35-24-21-30-19-20-31-22-25-36(46-42(31)41(30)45-35)28-15-17-29(18-16-28)40-34-23-26-38-43(39(34)33-13-7-8-14-37(33)47-40)48-44(49-38)32-11-5-2-6-12-32/h1-26H. The minimum Gasteiger partial charge on any atom is -0.436 e. The normalized spacial score (nSPS) is 11.7. The quantitative estimate of drug-likeness (QED) is 0.182. The maximum absolute atomic E-state index is 6.26. The predicted octanol–water partition coefficient (Wildman–Crippen LogP) is 11.3. The van der Waals surface area contributed by atoms with Gasteiger partial charge in [-0.25, -0.2) is 19.9 Å². The van der Waals surface area contributed by atoms with Crippen molar-refractivity contribution in [1.82, 2.24) is 19.9 Å². The first-order chi connectivity index (χ1) is 24.3. The van der Waals surface area contributed by atoms with Crippen LogP contribution in [0.15, 0.2) is 162 Å². The molecule has 4 heterocycles. The van der Waals surface area contributed by atoms with E-state index in [1.807, 2.05) is 66.7 Å². The highest BCUT2D eigenvalue weighted by Gasteiger charge is 2.18. The maximum Gasteiger partial charge on any atom is 0.227 e. The number of fused-ring (bicyclic) bond motifs is 8. The van der Waals surface area contributed by atoms with Crippen molar-refractivity contribution in [2.75, 3.05) is 0 Å². The Morgan fingerprint density at radius 1 is 0.367 bits per heavy atom. The van der Waals surface area contributed by atoms with Crippen molar-refractivity contribution in [2.45, 2.75) is 0 Å². The van der Waals surface area contributed by atoms with Crippen LogP contribution in [0.1, 0.15) is 0 Å². The number of hydrogen-bond acceptors (Lipinski definition) is 5. The van der Waals surface area contributed by atoms with Gasteiger partial charge in [-0.3, -0.25) is 0 Å². The van der Waals surface area contributed by atoms with E-state index in [1.54, 1.807) is 0 Å². The molecule has 0 radical (unpaired) electrons. The zero-order valence-corrected chi connectivity index (χ0v) is 26.2. The Bertz CT molecular complexity index is 2860. The van der Waals surface area contributed by atoms with Crippen LogP contribution in [0.25, 0.3) is 99.8 Å². The van der Waals surface area contributed by atoms with E-state index in [4.69, 9.17) is 24.4 Å². The van der Waals surface area contributed by atoms with Gasteiger partial charge >= 0.3 is 0 Å². The molecule has 49 heavy (non-hydrogen) atoms. The third-order valence-electron chi connectivity index (χ3n) is 9.29. The highest BCUT2D eigenvalue weighted by atomic mass is 16.3. The largest absolute Gasteiger partial charge is 0.436 e. The molecule has 4 aromatic heterocycles. The first-order valence-corrected chi connectivity index (χ1v) is 16.3. The second kappa shape index (κ2) is 10.9. The highest BCUT2D eigenvalue weighted by Crippen LogP contribution is 2.39. The summed E-state index contributed by atoms with van der Waals surface area (Å²) >= 11 is 0. The molecule has 0 aliphatic carbocycles. The van der Waals surface area contributed by atoms with Gasteiger partial charge in [-0.15, -0.1) is 0 Å². The van der Waals surface area contributed by atoms with Gasteiger partial charge in [0.2, 0.25) is 5.89 Å². The molecule has 10 aromatic rings. The monoisotopic (exact) mass is 626 g/mol. The van der Waals surface area contributed by atoms with E-state index < -0.39 is 0 Å². The molecule has 5 nitrogen and oxygen atoms in total. The average molecular weight is 627 g/mol. The van der Waals surface area contributed by atoms with E-state index >= 15 is 0 Å². The second-order valence-corrected chi connectivity index (χ2v) is 12.2. The first kappa shape index (κ1) is 27.4. The predicted molar refractivity (Wildman–Crippen MR) is 199 cm³/mol. The van der Waals surface area contributed by atoms with Crippen molar-refractivity contribution in [2.24, 2.45) is 0 Å². The summed E-state index contributed by atoms with van der Waals surface area (Å²) in [5, 5.41) is 5.25. The molecule has 0 aliphatic rings. The molecular weight excluding hydrogens is 601 g/mol. The van der Waals surface area contributed by atoms with Gasteiger partial charge in [-0.05, 0) is 42.5 Å². The maximum atomic E-state index is 6.26. The van der Waals surface area contributed by atoms with Crippen molar-refractivity contribution in [3.8, 4) is 45.2 Å². The zero-order chi connectivity index (χ0) is 32.3. The van der Waals surface area contributed by atoms with Gasteiger partial charge in [0, 0.05) is 49.2 Å². The summed E-state index contributed by atoms with van der Waals surface area (Å²) in [6.07, 6.45) is 0. The second-order valence-electron chi connectivity index (χ2n) is 12.2. The number of pyridine rings is 3. The minimum atomic E-state index is 0.608. The van der Waals surface area contributed by atoms with Gasteiger partial charge in [0.1, 0.15) is 5.52 Å². The number of nitrogens with zero attached hydrogens (tertiary/aromatic N) is 4. The molecular formula is C44H26N4O. The van der Waals surface area contributed by atoms with Crippen LogP contribution in [0.5, 0.6) is 0 Å². The van der Waals surface area contributed by atoms with Gasteiger partial charge in [-0.1, -0.05) is 115 Å². The highest BCUT2D eigenvalue weighted by molar-refractivity contribution is 6.20. The van der Waals surface area contributed by atoms with Crippen LogP contribution in [0, 0.1) is 0 Å². The molecule has 0 saturated heterocycles. The molecule has 0 unspecified atom stereocenters. The Kier molecular flexibility index (Phi) is 6.11. The first-order valence-electron chi connectivity index (χ1n) is 16.3. The average Bonchev–Trinajstić information content (AvgIpc) is 3.63. The van der Waals surface area contributed by atoms with Crippen molar-refractivity contribution in [3.05, 3.63) is 158 Å². The lowest BCUT2D eigenvalue weighted by Crippen LogP contribution is -1.92. The van der Waals surface area contributed by atoms with Crippen molar-refractivity contribution < 1.29 is 4.42 Å². The topological polar surface area (TPSA) is 64.7 Å². The summed E-state index contributed by atoms with van der Waals surface area (Å²) < 4.78 is 6.26. The summed E-state index contributed by atoms with van der Waals surface area (Å²) in [5.74, 6) is 0.608. The molecule has 0 amide bonds. The van der Waals surface area contributed by atoms with Crippen LogP contribution in [-0.2, 0) is 0 Å². The third kappa shape index (κ3) is 4.55. The molecule has 0 bridgehead atoms. The van der Waals surface area contributed by atoms with E-state index in [0.29, 0.717) is 5.89 Å². The van der Waals surface area contributed by atoms with Crippen molar-refractivity contribution in [3.63, 3.8) is 0 Å². The summed E-state index contributed by atoms with van der Waals surface area (Å²) in [7, 11) is 0. The lowest BCUT2D eigenvalue weighted by atomic mass is 9.98. The third-order valence-corrected chi connectivity index (χ3v) is 9.29. The van der Waals surface area contributed by atoms with E-state index in [-0.39, 0.29) is 0 Å². The van der Waals surface area contributed by atoms with E-state index in [9.17, 15) is 0 Å². The van der Waals surface area contributed by atoms with Crippen molar-refractivity contribution >= 4 is 54.6 Å². The van der Waals surface area contributed by atoms with Crippen molar-refractivity contribution in [1.29, 1.82) is 0 Å². The molecule has 0 fully saturated rings. The molecule has 6 aromatic carbocycles. The molecule has 10 rings (SSSR count). The van der Waals surface area contributed by atoms with Gasteiger partial charge in [-0.2, -0.15) is 0 Å². The number of oxazole rings is 1. The van der Waals surface area contributed by atoms with E-state index in [0.717, 1.165) is 93.9 Å². The molecule has 0 N–H and O–H groups in total. The fourth-order valence-corrected chi connectivity index (χ4v) is 6.85. The Morgan fingerprint density at radius 3 is 1.63 bits per heavy atom. The Labute approximate surface area is 281 Å². The summed E-state index contributed by atoms with van der Waals surface area (Å²) in [6.45, 7) is 0. The Morgan fingerprint density at radius 2 is 0.939 bits per heavy atom. The lowest BCUT2D eigenvalue weighted by Gasteiger charge is -2.11. The van der Waals surface area contributed by atoms with Gasteiger partial charge in [0.05, 0.1) is 33.6 Å². The number of rotatable bonds is 4. The number of benzene rings is 6. The van der Waals surface area contributed by atoms with Gasteiger partial charge < -0.3 is 4.42 Å². The summed E-state index contributed by atoms with van der Waals surface area (Å²) in [6, 6.07) is 53.8. The fourth-order valence-electron chi connectivity index (χ4n) is 6.85. The minimum absolute atomic E-state index is 0.608. The lowest BCUT2D eigenvalue weighted by molar-refractivity contribution is 0.620. The molecule has 228 valence electrons. The van der Waals surface area contributed by atoms with Gasteiger partial charge in [0.15, 0.2) is 5.58 Å². The van der Waals surface area contributed by atoms with Gasteiger partial charge in [0.25, 0.3) is 0 Å². The van der Waals surface area contributed by atoms with E-state index in [1.165, 1.54) is 0 Å². The molecule has 0 spiro atoms. The van der Waals surface area contributed by atoms with Crippen LogP contribution in [0.4, 0.5) is 0 Å². The van der Waals surface area contributed by atoms with E-state index in [2.05, 4.69) is 91.0 Å². The zero-order valence-electron chi connectivity index (χ0n) is 26.2. The number of para-hydroxylation sites is 1. The smallest absolute Gasteiger partial charge is 0.227 e. The Hall–Kier alpha value is -6.72. The number of hydrogen-bond donors (Lipinski definition) is 0. The molecule has 0 aliphatic heterocycles. The number of aromatic nitrogens is 4. The van der Waals surface area contributed by atoms with Crippen LogP contribution in [0.2, 0.25) is 0 Å². The van der Waals surface area contributed by atoms with Crippen LogP contribution < -0.4 is 0 Å².